The minimum Gasteiger partial charge on any atom is -0.494 e. The number of carboxylic acid groups (broad SMARTS) is 1. The summed E-state index contributed by atoms with van der Waals surface area (Å²) in [6.45, 7) is 6.93. The molecule has 0 saturated carbocycles. The van der Waals surface area contributed by atoms with Crippen LogP contribution in [0.5, 0.6) is 5.75 Å². The quantitative estimate of drug-likeness (QED) is 0.705. The van der Waals surface area contributed by atoms with Gasteiger partial charge >= 0.3 is 5.97 Å². The Morgan fingerprint density at radius 1 is 1.27 bits per heavy atom. The highest BCUT2D eigenvalue weighted by Gasteiger charge is 2.25. The van der Waals surface area contributed by atoms with E-state index >= 15 is 0 Å². The van der Waals surface area contributed by atoms with Gasteiger partial charge < -0.3 is 14.4 Å². The van der Waals surface area contributed by atoms with Gasteiger partial charge in [0.15, 0.2) is 5.43 Å². The van der Waals surface area contributed by atoms with Crippen LogP contribution in [-0.2, 0) is 19.4 Å². The van der Waals surface area contributed by atoms with E-state index in [4.69, 9.17) is 4.74 Å². The monoisotopic (exact) mass is 409 g/mol. The van der Waals surface area contributed by atoms with Gasteiger partial charge in [-0.15, -0.1) is 0 Å². The van der Waals surface area contributed by atoms with Crippen LogP contribution >= 0.6 is 0 Å². The standard InChI is InChI=1S/C20H19N3O4.C3H8/c1-3-12-13-5-8-22-11-15(20(25)26)18(24)10-16(22)14(13)9-17(19(12)27-2)23-7-4-6-21-23;1-3-2/h4,6-7,9-11H,3,5,8H2,1-2H3,(H,25,26);3H2,1-2H3. The second-order valence-corrected chi connectivity index (χ2v) is 7.13. The number of aromatic carboxylic acids is 1. The lowest BCUT2D eigenvalue weighted by molar-refractivity contribution is 0.0694. The predicted octanol–water partition coefficient (Wildman–Crippen LogP) is 3.94. The Hall–Kier alpha value is -3.35. The van der Waals surface area contributed by atoms with Gasteiger partial charge in [0.2, 0.25) is 0 Å². The fourth-order valence-electron chi connectivity index (χ4n) is 3.83. The largest absolute Gasteiger partial charge is 0.494 e. The van der Waals surface area contributed by atoms with Gasteiger partial charge in [0.05, 0.1) is 12.8 Å². The zero-order chi connectivity index (χ0) is 21.8. The molecule has 158 valence electrons. The summed E-state index contributed by atoms with van der Waals surface area (Å²) < 4.78 is 9.29. The Kier molecular flexibility index (Phi) is 6.40. The van der Waals surface area contributed by atoms with E-state index in [2.05, 4.69) is 25.9 Å². The molecule has 0 fully saturated rings. The van der Waals surface area contributed by atoms with Crippen molar-refractivity contribution >= 4 is 5.97 Å². The number of nitrogens with zero attached hydrogens (tertiary/aromatic N) is 3. The van der Waals surface area contributed by atoms with Gasteiger partial charge in [-0.2, -0.15) is 5.10 Å². The van der Waals surface area contributed by atoms with Crippen LogP contribution in [0.4, 0.5) is 0 Å². The molecular formula is C23H27N3O4. The van der Waals surface area contributed by atoms with Crippen LogP contribution in [0.15, 0.2) is 41.6 Å². The molecule has 0 aliphatic carbocycles. The van der Waals surface area contributed by atoms with Gasteiger partial charge in [0.25, 0.3) is 0 Å². The van der Waals surface area contributed by atoms with Crippen molar-refractivity contribution in [3.63, 3.8) is 0 Å². The van der Waals surface area contributed by atoms with Crippen molar-refractivity contribution in [1.29, 1.82) is 0 Å². The lowest BCUT2D eigenvalue weighted by atomic mass is 9.89. The molecule has 7 nitrogen and oxygen atoms in total. The third kappa shape index (κ3) is 3.75. The predicted molar refractivity (Wildman–Crippen MR) is 116 cm³/mol. The highest BCUT2D eigenvalue weighted by Crippen LogP contribution is 2.40. The zero-order valence-corrected chi connectivity index (χ0v) is 17.8. The number of hydrogen-bond acceptors (Lipinski definition) is 4. The molecule has 1 aromatic carbocycles. The Morgan fingerprint density at radius 3 is 2.57 bits per heavy atom. The zero-order valence-electron chi connectivity index (χ0n) is 17.8. The van der Waals surface area contributed by atoms with Crippen LogP contribution in [0.2, 0.25) is 0 Å². The van der Waals surface area contributed by atoms with Crippen molar-refractivity contribution in [2.75, 3.05) is 7.11 Å². The first-order chi connectivity index (χ1) is 14.5. The molecule has 2 aromatic heterocycles. The summed E-state index contributed by atoms with van der Waals surface area (Å²) >= 11 is 0. The number of carboxylic acids is 1. The summed E-state index contributed by atoms with van der Waals surface area (Å²) in [5.41, 5.74) is 3.95. The number of rotatable bonds is 4. The molecular weight excluding hydrogens is 382 g/mol. The van der Waals surface area contributed by atoms with Crippen molar-refractivity contribution in [3.8, 4) is 22.7 Å². The normalized spacial score (nSPS) is 11.7. The highest BCUT2D eigenvalue weighted by atomic mass is 16.5. The van der Waals surface area contributed by atoms with Gasteiger partial charge in [-0.3, -0.25) is 4.79 Å². The summed E-state index contributed by atoms with van der Waals surface area (Å²) in [7, 11) is 1.65. The van der Waals surface area contributed by atoms with Gasteiger partial charge in [0, 0.05) is 42.3 Å². The molecule has 1 N–H and O–H groups in total. The van der Waals surface area contributed by atoms with Crippen molar-refractivity contribution in [1.82, 2.24) is 14.3 Å². The number of ether oxygens (including phenoxy) is 1. The average molecular weight is 409 g/mol. The van der Waals surface area contributed by atoms with Gasteiger partial charge in [-0.05, 0) is 30.5 Å². The number of methoxy groups -OCH3 is 1. The third-order valence-electron chi connectivity index (χ3n) is 5.02. The van der Waals surface area contributed by atoms with E-state index in [9.17, 15) is 14.7 Å². The van der Waals surface area contributed by atoms with E-state index in [1.807, 2.05) is 22.9 Å². The van der Waals surface area contributed by atoms with E-state index in [0.29, 0.717) is 6.54 Å². The number of pyridine rings is 1. The number of benzene rings is 1. The van der Waals surface area contributed by atoms with Crippen molar-refractivity contribution in [2.45, 2.75) is 46.6 Å². The molecule has 0 amide bonds. The molecule has 0 spiro atoms. The minimum atomic E-state index is -1.21. The second-order valence-electron chi connectivity index (χ2n) is 7.13. The molecule has 0 unspecified atom stereocenters. The number of fused-ring (bicyclic) bond motifs is 3. The molecule has 7 heteroatoms. The van der Waals surface area contributed by atoms with Crippen LogP contribution in [0, 0.1) is 0 Å². The number of aromatic nitrogens is 3. The Balaban J connectivity index is 0.000000806. The van der Waals surface area contributed by atoms with Crippen LogP contribution < -0.4 is 10.2 Å². The third-order valence-corrected chi connectivity index (χ3v) is 5.02. The van der Waals surface area contributed by atoms with Crippen LogP contribution in [0.3, 0.4) is 0 Å². The molecule has 1 aliphatic rings. The molecule has 30 heavy (non-hydrogen) atoms. The number of aryl methyl sites for hydroxylation is 1. The fourth-order valence-corrected chi connectivity index (χ4v) is 3.83. The molecule has 4 rings (SSSR count). The molecule has 0 atom stereocenters. The van der Waals surface area contributed by atoms with Crippen LogP contribution in [-0.4, -0.2) is 32.5 Å². The Labute approximate surface area is 175 Å². The second kappa shape index (κ2) is 8.98. The molecule has 3 heterocycles. The lowest BCUT2D eigenvalue weighted by Gasteiger charge is -2.27. The summed E-state index contributed by atoms with van der Waals surface area (Å²) in [6, 6.07) is 5.22. The molecule has 0 saturated heterocycles. The first-order valence-corrected chi connectivity index (χ1v) is 10.2. The van der Waals surface area contributed by atoms with Crippen molar-refractivity contribution in [3.05, 3.63) is 63.7 Å². The summed E-state index contributed by atoms with van der Waals surface area (Å²) in [6.07, 6.45) is 7.74. The number of hydrogen-bond donors (Lipinski definition) is 1. The van der Waals surface area contributed by atoms with Crippen molar-refractivity contribution in [2.24, 2.45) is 0 Å². The average Bonchev–Trinajstić information content (AvgIpc) is 3.26. The lowest BCUT2D eigenvalue weighted by Crippen LogP contribution is -2.23. The van der Waals surface area contributed by atoms with E-state index in [1.165, 1.54) is 18.7 Å². The molecule has 1 aliphatic heterocycles. The van der Waals surface area contributed by atoms with Crippen LogP contribution in [0.1, 0.15) is 48.7 Å². The summed E-state index contributed by atoms with van der Waals surface area (Å²) in [5.74, 6) is -0.430. The van der Waals surface area contributed by atoms with Gasteiger partial charge in [-0.1, -0.05) is 27.2 Å². The highest BCUT2D eigenvalue weighted by molar-refractivity contribution is 5.88. The van der Waals surface area contributed by atoms with E-state index < -0.39 is 11.4 Å². The maximum Gasteiger partial charge on any atom is 0.341 e. The van der Waals surface area contributed by atoms with Crippen molar-refractivity contribution < 1.29 is 14.6 Å². The summed E-state index contributed by atoms with van der Waals surface area (Å²) in [4.78, 5) is 23.6. The summed E-state index contributed by atoms with van der Waals surface area (Å²) in [5, 5.41) is 13.6. The number of carbonyl (C=O) groups is 1. The topological polar surface area (TPSA) is 86.3 Å². The fraction of sp³-hybridized carbons (Fsp3) is 0.348. The SMILES string of the molecule is CCC.CCc1c2c(cc(-n3cccn3)c1OC)-c1cc(=O)c(C(=O)O)cn1CC2. The Bertz CT molecular complexity index is 1110. The van der Waals surface area contributed by atoms with E-state index in [1.54, 1.807) is 18.0 Å². The maximum absolute atomic E-state index is 12.3. The molecule has 0 radical (unpaired) electrons. The van der Waals surface area contributed by atoms with Gasteiger partial charge in [0.1, 0.15) is 17.0 Å². The van der Waals surface area contributed by atoms with Gasteiger partial charge in [-0.25, -0.2) is 9.48 Å². The molecule has 3 aromatic rings. The first kappa shape index (κ1) is 21.4. The van der Waals surface area contributed by atoms with E-state index in [-0.39, 0.29) is 5.56 Å². The Morgan fingerprint density at radius 2 is 2.00 bits per heavy atom. The first-order valence-electron chi connectivity index (χ1n) is 10.2. The van der Waals surface area contributed by atoms with Crippen LogP contribution in [0.25, 0.3) is 16.9 Å². The molecule has 0 bridgehead atoms. The smallest absolute Gasteiger partial charge is 0.341 e. The minimum absolute atomic E-state index is 0.210. The maximum atomic E-state index is 12.3. The van der Waals surface area contributed by atoms with E-state index in [0.717, 1.165) is 46.7 Å².